The molecule has 11 nitrogen and oxygen atoms in total. The van der Waals surface area contributed by atoms with Crippen LogP contribution in [0, 0.1) is 45.3 Å². The molecular formula is C51H91N5O6. The first-order valence-electron chi connectivity index (χ1n) is 24.2. The number of nitrogens with two attached hydrogens (primary N) is 1. The quantitative estimate of drug-likeness (QED) is 0.0521. The van der Waals surface area contributed by atoms with Crippen LogP contribution in [0.15, 0.2) is 25.1 Å². The van der Waals surface area contributed by atoms with Gasteiger partial charge >= 0.3 is 0 Å². The van der Waals surface area contributed by atoms with Gasteiger partial charge in [-0.15, -0.1) is 6.58 Å². The highest BCUT2D eigenvalue weighted by atomic mass is 16.5. The van der Waals surface area contributed by atoms with Crippen molar-refractivity contribution in [2.75, 3.05) is 13.6 Å². The number of nitrogens with zero attached hydrogens (tertiary/aromatic N) is 1. The molecule has 5 N–H and O–H groups in total. The van der Waals surface area contributed by atoms with Crippen molar-refractivity contribution in [3.63, 3.8) is 0 Å². The maximum atomic E-state index is 14.3. The third-order valence-corrected chi connectivity index (χ3v) is 14.8. The van der Waals surface area contributed by atoms with Crippen LogP contribution in [-0.4, -0.2) is 72.1 Å². The number of primary amides is 1. The molecule has 1 heterocycles. The van der Waals surface area contributed by atoms with E-state index in [2.05, 4.69) is 63.7 Å². The van der Waals surface area contributed by atoms with Crippen LogP contribution in [0.25, 0.3) is 0 Å². The Morgan fingerprint density at radius 2 is 1.53 bits per heavy atom. The number of rotatable bonds is 16. The molecule has 0 radical (unpaired) electrons. The highest BCUT2D eigenvalue weighted by Crippen LogP contribution is 2.88. The van der Waals surface area contributed by atoms with E-state index in [1.54, 1.807) is 11.9 Å². The van der Waals surface area contributed by atoms with Crippen molar-refractivity contribution in [2.45, 2.75) is 210 Å². The molecule has 2 spiro atoms. The number of nitrogens with one attached hydrogen (secondary N) is 3. The normalized spacial score (nSPS) is 25.6. The summed E-state index contributed by atoms with van der Waals surface area (Å²) in [6, 6.07) is -2.02. The van der Waals surface area contributed by atoms with Crippen LogP contribution in [0.4, 0.5) is 0 Å². The van der Waals surface area contributed by atoms with Crippen molar-refractivity contribution >= 4 is 29.9 Å². The van der Waals surface area contributed by atoms with Gasteiger partial charge in [0.05, 0.1) is 0 Å². The zero-order chi connectivity index (χ0) is 47.3. The number of aldehydes is 1. The molecule has 1 saturated heterocycles. The summed E-state index contributed by atoms with van der Waals surface area (Å²) in [5, 5.41) is 9.05. The predicted octanol–water partition coefficient (Wildman–Crippen LogP) is 9.39. The summed E-state index contributed by atoms with van der Waals surface area (Å²) >= 11 is 0. The highest BCUT2D eigenvalue weighted by molar-refractivity contribution is 5.94. The lowest BCUT2D eigenvalue weighted by atomic mass is 9.73. The Balaban J connectivity index is 0.000000489. The number of likely N-dealkylation sites (tertiary alicyclic amines) is 1. The van der Waals surface area contributed by atoms with Crippen molar-refractivity contribution in [1.29, 1.82) is 0 Å². The Morgan fingerprint density at radius 3 is 1.94 bits per heavy atom. The molecule has 5 fully saturated rings. The smallest absolute Gasteiger partial charge is 0.246 e. The molecule has 62 heavy (non-hydrogen) atoms. The number of unbranched alkanes of at least 4 members (excludes halogenated alkanes) is 2. The lowest BCUT2D eigenvalue weighted by Crippen LogP contribution is -2.60. The number of hydrogen-bond acceptors (Lipinski definition) is 7. The molecule has 4 unspecified atom stereocenters. The molecule has 0 aromatic heterocycles. The van der Waals surface area contributed by atoms with Crippen LogP contribution in [0.5, 0.6) is 0 Å². The Labute approximate surface area is 377 Å². The Morgan fingerprint density at radius 1 is 0.935 bits per heavy atom. The van der Waals surface area contributed by atoms with Gasteiger partial charge in [0.25, 0.3) is 0 Å². The molecule has 0 aromatic rings. The zero-order valence-electron chi connectivity index (χ0n) is 41.6. The van der Waals surface area contributed by atoms with Gasteiger partial charge in [-0.2, -0.15) is 0 Å². The number of carbonyl (C=O) groups is 5. The van der Waals surface area contributed by atoms with Crippen molar-refractivity contribution in [1.82, 2.24) is 20.9 Å². The van der Waals surface area contributed by atoms with E-state index in [0.29, 0.717) is 30.7 Å². The van der Waals surface area contributed by atoms with Crippen molar-refractivity contribution in [2.24, 2.45) is 51.1 Å². The van der Waals surface area contributed by atoms with Gasteiger partial charge in [-0.25, -0.2) is 0 Å². The highest BCUT2D eigenvalue weighted by Gasteiger charge is 2.85. The second-order valence-electron chi connectivity index (χ2n) is 21.6. The minimum Gasteiger partial charge on any atom is -0.474 e. The first-order valence-corrected chi connectivity index (χ1v) is 24.2. The molecule has 0 bridgehead atoms. The summed E-state index contributed by atoms with van der Waals surface area (Å²) in [5.74, 6) is 1.09. The van der Waals surface area contributed by atoms with E-state index in [4.69, 9.17) is 10.5 Å². The fourth-order valence-corrected chi connectivity index (χ4v) is 10.6. The minimum atomic E-state index is -0.805. The van der Waals surface area contributed by atoms with E-state index in [9.17, 15) is 24.0 Å². The summed E-state index contributed by atoms with van der Waals surface area (Å²) in [7, 11) is 1.70. The Hall–Kier alpha value is -3.37. The average Bonchev–Trinajstić information content (AvgIpc) is 4.00. The van der Waals surface area contributed by atoms with E-state index in [-0.39, 0.29) is 45.8 Å². The fraction of sp³-hybridized carbons (Fsp3) is 0.824. The summed E-state index contributed by atoms with van der Waals surface area (Å²) < 4.78 is 5.92. The Kier molecular flexibility index (Phi) is 20.8. The Bertz CT molecular complexity index is 1500. The molecule has 4 amide bonds. The number of fused-ring (bicyclic) bond motifs is 1. The number of amides is 4. The number of allylic oxidation sites excluding steroid dienone is 1. The molecule has 0 aromatic carbocycles. The van der Waals surface area contributed by atoms with Crippen LogP contribution >= 0.6 is 0 Å². The predicted molar refractivity (Wildman–Crippen MR) is 252 cm³/mol. The minimum absolute atomic E-state index is 0.0604. The molecular weight excluding hydrogens is 779 g/mol. The van der Waals surface area contributed by atoms with Crippen molar-refractivity contribution < 1.29 is 28.7 Å². The van der Waals surface area contributed by atoms with Crippen LogP contribution in [0.1, 0.15) is 186 Å². The van der Waals surface area contributed by atoms with Gasteiger partial charge in [0.2, 0.25) is 23.6 Å². The molecule has 5 aliphatic rings. The number of ether oxygens (including phenoxy) is 1. The van der Waals surface area contributed by atoms with Gasteiger partial charge in [-0.1, -0.05) is 120 Å². The van der Waals surface area contributed by atoms with Crippen molar-refractivity contribution in [3.05, 3.63) is 25.1 Å². The first-order chi connectivity index (χ1) is 28.9. The van der Waals surface area contributed by atoms with Crippen LogP contribution in [0.2, 0.25) is 0 Å². The molecule has 5 rings (SSSR count). The first kappa shape index (κ1) is 54.8. The van der Waals surface area contributed by atoms with E-state index < -0.39 is 35.0 Å². The molecule has 7 atom stereocenters. The third-order valence-electron chi connectivity index (χ3n) is 14.8. The summed E-state index contributed by atoms with van der Waals surface area (Å²) in [6.07, 6.45) is 20.3. The maximum absolute atomic E-state index is 14.3. The second-order valence-corrected chi connectivity index (χ2v) is 21.6. The fourth-order valence-electron chi connectivity index (χ4n) is 10.6. The van der Waals surface area contributed by atoms with Crippen molar-refractivity contribution in [3.8, 4) is 0 Å². The van der Waals surface area contributed by atoms with E-state index in [0.717, 1.165) is 76.9 Å². The van der Waals surface area contributed by atoms with E-state index in [1.165, 1.54) is 25.7 Å². The monoisotopic (exact) mass is 870 g/mol. The zero-order valence-corrected chi connectivity index (χ0v) is 41.6. The average molecular weight is 870 g/mol. The lowest BCUT2D eigenvalue weighted by molar-refractivity contribution is -0.144. The van der Waals surface area contributed by atoms with Gasteiger partial charge in [0.15, 0.2) is 5.88 Å². The molecule has 356 valence electrons. The number of carbonyl (C=O) groups excluding carboxylic acids is 5. The van der Waals surface area contributed by atoms with E-state index >= 15 is 0 Å². The molecule has 4 saturated carbocycles. The van der Waals surface area contributed by atoms with Crippen LogP contribution in [-0.2, 0) is 28.7 Å². The van der Waals surface area contributed by atoms with Crippen LogP contribution in [0.3, 0.4) is 0 Å². The second kappa shape index (κ2) is 23.5. The van der Waals surface area contributed by atoms with Gasteiger partial charge in [-0.05, 0) is 107 Å². The number of hydrogen-bond donors (Lipinski definition) is 4. The van der Waals surface area contributed by atoms with Crippen LogP contribution < -0.4 is 21.7 Å². The van der Waals surface area contributed by atoms with E-state index in [1.807, 2.05) is 54.5 Å². The molecule has 4 aliphatic carbocycles. The maximum Gasteiger partial charge on any atom is 0.246 e. The summed E-state index contributed by atoms with van der Waals surface area (Å²) in [4.78, 5) is 63.7. The lowest BCUT2D eigenvalue weighted by Gasteiger charge is -2.38. The molecule has 1 aliphatic heterocycles. The summed E-state index contributed by atoms with van der Waals surface area (Å²) in [5.41, 5.74) is 5.05. The third kappa shape index (κ3) is 13.8. The summed E-state index contributed by atoms with van der Waals surface area (Å²) in [6.45, 7) is 32.7. The topological polar surface area (TPSA) is 160 Å². The van der Waals surface area contributed by atoms with Gasteiger partial charge in [0, 0.05) is 30.8 Å². The SMILES string of the molecule is C=C(NC(C(=O)N[C@H](C(=O)N1C[C@]2(CC1C(N)=O)C(C)(C)C21CCC1)C(C)(C)C)C1CCCCC1)OC(C)(C)C.C=CCC.CCCCCC(C)C=O.CC[C@@H]1CC1C(=O)NC. The standard InChI is InChI=1S/C32H54N4O4.C8H16O.C7H13NO.C4H8/c1-20(40-29(5,6)7)34-23(21-14-11-10-12-15-21)26(38)35-24(28(2,3)4)27(39)36-19-32(18-22(36)25(33)37)30(8,9)31(32)16-13-17-31;1-3-4-5-6-8(2)7-9;1-3-5-4-6(5)7(9)8-2;1-3-4-2/h21-24,34H,1,10-19H2,2-9H3,(H2,33,37)(H,35,38);7-8H,3-6H2,1-2H3;5-6H,3-4H2,1-2H3,(H,8,9);3H,1,4H2,2H3/t22?,23?,24-,32-;;5-,6?;/m1.1./s1. The van der Waals surface area contributed by atoms with Gasteiger partial charge in [-0.3, -0.25) is 19.2 Å². The van der Waals surface area contributed by atoms with Gasteiger partial charge in [0.1, 0.15) is 30.0 Å². The largest absolute Gasteiger partial charge is 0.474 e. The molecule has 11 heteroatoms. The van der Waals surface area contributed by atoms with Gasteiger partial charge < -0.3 is 36.1 Å².